The number of methoxy groups -OCH3 is 1. The first-order valence-electron chi connectivity index (χ1n) is 6.59. The minimum atomic E-state index is 0.896. The molecular formula is C15H25BrN2O. The maximum atomic E-state index is 5.63. The zero-order chi connectivity index (χ0) is 14.6. The standard InChI is InChI=1S/C15H25BrN2O/c1-10-11(2)15(19-6)13(12(3)14(10)16)7-8-18(5)9-17-4/h17H,7-9H2,1-6H3. The minimum absolute atomic E-state index is 0.896. The summed E-state index contributed by atoms with van der Waals surface area (Å²) < 4.78 is 6.84. The molecule has 0 aliphatic rings. The molecule has 0 aliphatic heterocycles. The van der Waals surface area contributed by atoms with E-state index in [1.54, 1.807) is 7.11 Å². The van der Waals surface area contributed by atoms with Crippen LogP contribution in [0.2, 0.25) is 0 Å². The summed E-state index contributed by atoms with van der Waals surface area (Å²) in [4.78, 5) is 2.27. The molecule has 1 aromatic carbocycles. The molecule has 0 unspecified atom stereocenters. The second-order valence-corrected chi connectivity index (χ2v) is 5.84. The summed E-state index contributed by atoms with van der Waals surface area (Å²) >= 11 is 3.70. The van der Waals surface area contributed by atoms with Crippen molar-refractivity contribution < 1.29 is 4.74 Å². The molecule has 1 aromatic rings. The minimum Gasteiger partial charge on any atom is -0.496 e. The molecule has 0 amide bonds. The van der Waals surface area contributed by atoms with Crippen molar-refractivity contribution in [2.75, 3.05) is 34.4 Å². The third kappa shape index (κ3) is 3.71. The number of hydrogen-bond acceptors (Lipinski definition) is 3. The fourth-order valence-corrected chi connectivity index (χ4v) is 2.91. The molecule has 0 saturated heterocycles. The van der Waals surface area contributed by atoms with Crippen molar-refractivity contribution in [2.45, 2.75) is 27.2 Å². The number of benzene rings is 1. The van der Waals surface area contributed by atoms with Crippen LogP contribution in [0.25, 0.3) is 0 Å². The molecular weight excluding hydrogens is 304 g/mol. The molecule has 0 bridgehead atoms. The predicted molar refractivity (Wildman–Crippen MR) is 85.2 cm³/mol. The summed E-state index contributed by atoms with van der Waals surface area (Å²) in [5.41, 5.74) is 5.09. The average molecular weight is 329 g/mol. The Bertz CT molecular complexity index is 447. The van der Waals surface area contributed by atoms with Crippen molar-refractivity contribution in [2.24, 2.45) is 0 Å². The molecule has 0 spiro atoms. The van der Waals surface area contributed by atoms with Gasteiger partial charge in [0.05, 0.1) is 7.11 Å². The van der Waals surface area contributed by atoms with Crippen LogP contribution < -0.4 is 10.1 Å². The third-order valence-corrected chi connectivity index (χ3v) is 4.85. The molecule has 0 saturated carbocycles. The van der Waals surface area contributed by atoms with Crippen molar-refractivity contribution >= 4 is 15.9 Å². The number of ether oxygens (including phenoxy) is 1. The van der Waals surface area contributed by atoms with Crippen LogP contribution in [0.1, 0.15) is 22.3 Å². The van der Waals surface area contributed by atoms with Gasteiger partial charge in [-0.2, -0.15) is 0 Å². The van der Waals surface area contributed by atoms with Crippen molar-refractivity contribution in [3.8, 4) is 5.75 Å². The van der Waals surface area contributed by atoms with E-state index in [0.717, 1.165) is 25.4 Å². The van der Waals surface area contributed by atoms with E-state index in [9.17, 15) is 0 Å². The highest BCUT2D eigenvalue weighted by molar-refractivity contribution is 9.10. The Balaban J connectivity index is 3.05. The molecule has 1 N–H and O–H groups in total. The summed E-state index contributed by atoms with van der Waals surface area (Å²) in [7, 11) is 5.85. The van der Waals surface area contributed by atoms with Gasteiger partial charge in [-0.15, -0.1) is 0 Å². The Kier molecular flexibility index (Phi) is 6.30. The van der Waals surface area contributed by atoms with E-state index in [2.05, 4.69) is 54.0 Å². The fraction of sp³-hybridized carbons (Fsp3) is 0.600. The summed E-state index contributed by atoms with van der Waals surface area (Å²) in [5.74, 6) is 1.04. The number of nitrogens with zero attached hydrogens (tertiary/aromatic N) is 1. The lowest BCUT2D eigenvalue weighted by atomic mass is 9.96. The highest BCUT2D eigenvalue weighted by Crippen LogP contribution is 2.36. The van der Waals surface area contributed by atoms with Crippen LogP contribution in [0.4, 0.5) is 0 Å². The van der Waals surface area contributed by atoms with E-state index >= 15 is 0 Å². The predicted octanol–water partition coefficient (Wildman–Crippen LogP) is 3.03. The van der Waals surface area contributed by atoms with Gasteiger partial charge < -0.3 is 10.1 Å². The van der Waals surface area contributed by atoms with Gasteiger partial charge in [0, 0.05) is 17.7 Å². The van der Waals surface area contributed by atoms with Gasteiger partial charge in [0.25, 0.3) is 0 Å². The number of rotatable bonds is 6. The topological polar surface area (TPSA) is 24.5 Å². The zero-order valence-electron chi connectivity index (χ0n) is 12.9. The van der Waals surface area contributed by atoms with Crippen molar-refractivity contribution in [3.63, 3.8) is 0 Å². The van der Waals surface area contributed by atoms with Crippen LogP contribution in [-0.2, 0) is 6.42 Å². The molecule has 0 aliphatic carbocycles. The molecule has 0 fully saturated rings. The Morgan fingerprint density at radius 3 is 2.32 bits per heavy atom. The number of halogens is 1. The van der Waals surface area contributed by atoms with Gasteiger partial charge in [-0.1, -0.05) is 15.9 Å². The zero-order valence-corrected chi connectivity index (χ0v) is 14.4. The molecule has 0 atom stereocenters. The first kappa shape index (κ1) is 16.5. The van der Waals surface area contributed by atoms with Crippen LogP contribution in [0.3, 0.4) is 0 Å². The molecule has 19 heavy (non-hydrogen) atoms. The number of nitrogens with one attached hydrogen (secondary N) is 1. The van der Waals surface area contributed by atoms with E-state index in [4.69, 9.17) is 4.74 Å². The first-order valence-corrected chi connectivity index (χ1v) is 7.38. The fourth-order valence-electron chi connectivity index (χ4n) is 2.37. The van der Waals surface area contributed by atoms with Gasteiger partial charge in [-0.3, -0.25) is 4.90 Å². The van der Waals surface area contributed by atoms with Gasteiger partial charge in [-0.05, 0) is 63.5 Å². The van der Waals surface area contributed by atoms with Gasteiger partial charge >= 0.3 is 0 Å². The quantitative estimate of drug-likeness (QED) is 0.812. The Morgan fingerprint density at radius 2 is 1.79 bits per heavy atom. The van der Waals surface area contributed by atoms with E-state index in [1.165, 1.54) is 26.7 Å². The van der Waals surface area contributed by atoms with Gasteiger partial charge in [-0.25, -0.2) is 0 Å². The van der Waals surface area contributed by atoms with Gasteiger partial charge in [0.15, 0.2) is 0 Å². The molecule has 0 radical (unpaired) electrons. The Hall–Kier alpha value is -0.580. The lowest BCUT2D eigenvalue weighted by molar-refractivity contribution is 0.318. The maximum absolute atomic E-state index is 5.63. The normalized spacial score (nSPS) is 11.2. The summed E-state index contributed by atoms with van der Waals surface area (Å²) in [5, 5.41) is 3.16. The summed E-state index contributed by atoms with van der Waals surface area (Å²) in [6, 6.07) is 0. The van der Waals surface area contributed by atoms with Crippen LogP contribution >= 0.6 is 15.9 Å². The molecule has 0 heterocycles. The number of hydrogen-bond donors (Lipinski definition) is 1. The highest BCUT2D eigenvalue weighted by atomic mass is 79.9. The molecule has 3 nitrogen and oxygen atoms in total. The SMILES string of the molecule is CNCN(C)CCc1c(C)c(Br)c(C)c(C)c1OC. The van der Waals surface area contributed by atoms with Gasteiger partial charge in [0.1, 0.15) is 5.75 Å². The number of likely N-dealkylation sites (N-methyl/N-ethyl adjacent to an activating group) is 1. The lowest BCUT2D eigenvalue weighted by Gasteiger charge is -2.21. The molecule has 4 heteroatoms. The lowest BCUT2D eigenvalue weighted by Crippen LogP contribution is -2.30. The van der Waals surface area contributed by atoms with E-state index in [1.807, 2.05) is 7.05 Å². The monoisotopic (exact) mass is 328 g/mol. The van der Waals surface area contributed by atoms with Crippen molar-refractivity contribution in [1.82, 2.24) is 10.2 Å². The average Bonchev–Trinajstić information content (AvgIpc) is 2.39. The van der Waals surface area contributed by atoms with E-state index < -0.39 is 0 Å². The van der Waals surface area contributed by atoms with E-state index in [0.29, 0.717) is 0 Å². The summed E-state index contributed by atoms with van der Waals surface area (Å²) in [6.45, 7) is 8.32. The Labute approximate surface area is 125 Å². The van der Waals surface area contributed by atoms with Crippen molar-refractivity contribution in [1.29, 1.82) is 0 Å². The van der Waals surface area contributed by atoms with Crippen molar-refractivity contribution in [3.05, 3.63) is 26.7 Å². The Morgan fingerprint density at radius 1 is 1.16 bits per heavy atom. The third-order valence-electron chi connectivity index (χ3n) is 3.66. The van der Waals surface area contributed by atoms with Crippen LogP contribution in [0, 0.1) is 20.8 Å². The van der Waals surface area contributed by atoms with E-state index in [-0.39, 0.29) is 0 Å². The second kappa shape index (κ2) is 7.27. The second-order valence-electron chi connectivity index (χ2n) is 5.04. The van der Waals surface area contributed by atoms with Crippen LogP contribution in [0.5, 0.6) is 5.75 Å². The largest absolute Gasteiger partial charge is 0.496 e. The maximum Gasteiger partial charge on any atom is 0.125 e. The van der Waals surface area contributed by atoms with Crippen LogP contribution in [0.15, 0.2) is 4.47 Å². The highest BCUT2D eigenvalue weighted by Gasteiger charge is 2.16. The summed E-state index contributed by atoms with van der Waals surface area (Å²) in [6.07, 6.45) is 0.993. The smallest absolute Gasteiger partial charge is 0.125 e. The first-order chi connectivity index (χ1) is 8.93. The van der Waals surface area contributed by atoms with Crippen LogP contribution in [-0.4, -0.2) is 39.3 Å². The molecule has 108 valence electrons. The van der Waals surface area contributed by atoms with Gasteiger partial charge in [0.2, 0.25) is 0 Å². The molecule has 0 aromatic heterocycles. The molecule has 1 rings (SSSR count).